The lowest BCUT2D eigenvalue weighted by atomic mass is 9.76. The van der Waals surface area contributed by atoms with E-state index in [9.17, 15) is 0 Å². The van der Waals surface area contributed by atoms with Crippen molar-refractivity contribution in [3.8, 4) is 0 Å². The van der Waals surface area contributed by atoms with Crippen molar-refractivity contribution in [1.29, 1.82) is 0 Å². The Morgan fingerprint density at radius 3 is 2.10 bits per heavy atom. The van der Waals surface area contributed by atoms with Gasteiger partial charge in [-0.15, -0.1) is 0 Å². The molecule has 0 bridgehead atoms. The van der Waals surface area contributed by atoms with Gasteiger partial charge in [0, 0.05) is 32.2 Å². The molecule has 1 aromatic rings. The van der Waals surface area contributed by atoms with Crippen LogP contribution in [-0.2, 0) is 0 Å². The maximum atomic E-state index is 3.48. The standard InChI is InChI=1S/C18H28N2/c1-14(2)15-6-8-17(9-7-15)18(16-4-3-5-16)20-12-10-19-11-13-20/h6-9,14,16,18-19H,3-5,10-13H2,1-2H3/t18-/m1/s1. The van der Waals surface area contributed by atoms with Crippen LogP contribution in [0.5, 0.6) is 0 Å². The third-order valence-corrected chi connectivity index (χ3v) is 5.09. The van der Waals surface area contributed by atoms with Crippen LogP contribution in [0.4, 0.5) is 0 Å². The van der Waals surface area contributed by atoms with Crippen LogP contribution in [0, 0.1) is 5.92 Å². The summed E-state index contributed by atoms with van der Waals surface area (Å²) in [5, 5.41) is 3.48. The predicted molar refractivity (Wildman–Crippen MR) is 85.1 cm³/mol. The molecule has 20 heavy (non-hydrogen) atoms. The fraction of sp³-hybridized carbons (Fsp3) is 0.667. The van der Waals surface area contributed by atoms with Crippen LogP contribution in [0.3, 0.4) is 0 Å². The van der Waals surface area contributed by atoms with Crippen LogP contribution in [0.15, 0.2) is 24.3 Å². The maximum absolute atomic E-state index is 3.48. The Morgan fingerprint density at radius 2 is 1.60 bits per heavy atom. The third-order valence-electron chi connectivity index (χ3n) is 5.09. The molecule has 1 saturated carbocycles. The van der Waals surface area contributed by atoms with Gasteiger partial charge in [-0.05, 0) is 35.8 Å². The summed E-state index contributed by atoms with van der Waals surface area (Å²) >= 11 is 0. The predicted octanol–water partition coefficient (Wildman–Crippen LogP) is 3.56. The summed E-state index contributed by atoms with van der Waals surface area (Å²) in [7, 11) is 0. The van der Waals surface area contributed by atoms with Gasteiger partial charge >= 0.3 is 0 Å². The first-order valence-corrected chi connectivity index (χ1v) is 8.30. The van der Waals surface area contributed by atoms with Crippen molar-refractivity contribution in [2.75, 3.05) is 26.2 Å². The highest BCUT2D eigenvalue weighted by molar-refractivity contribution is 5.28. The quantitative estimate of drug-likeness (QED) is 0.901. The van der Waals surface area contributed by atoms with Gasteiger partial charge in [-0.2, -0.15) is 0 Å². The summed E-state index contributed by atoms with van der Waals surface area (Å²) in [6.45, 7) is 9.24. The van der Waals surface area contributed by atoms with E-state index in [-0.39, 0.29) is 0 Å². The van der Waals surface area contributed by atoms with E-state index in [1.807, 2.05) is 0 Å². The minimum atomic E-state index is 0.630. The molecule has 0 aromatic heterocycles. The summed E-state index contributed by atoms with van der Waals surface area (Å²) < 4.78 is 0. The Hall–Kier alpha value is -0.860. The number of nitrogens with one attached hydrogen (secondary N) is 1. The number of benzene rings is 1. The molecule has 1 aliphatic heterocycles. The van der Waals surface area contributed by atoms with Crippen molar-refractivity contribution in [2.24, 2.45) is 5.92 Å². The zero-order chi connectivity index (χ0) is 13.9. The number of rotatable bonds is 4. The molecular weight excluding hydrogens is 244 g/mol. The molecule has 1 aromatic carbocycles. The third kappa shape index (κ3) is 2.91. The molecule has 2 nitrogen and oxygen atoms in total. The van der Waals surface area contributed by atoms with E-state index in [1.54, 1.807) is 5.56 Å². The van der Waals surface area contributed by atoms with E-state index in [4.69, 9.17) is 0 Å². The van der Waals surface area contributed by atoms with Gasteiger partial charge in [0.15, 0.2) is 0 Å². The topological polar surface area (TPSA) is 15.3 Å². The van der Waals surface area contributed by atoms with Crippen LogP contribution in [0.25, 0.3) is 0 Å². The smallest absolute Gasteiger partial charge is 0.0377 e. The first kappa shape index (κ1) is 14.1. The number of hydrogen-bond acceptors (Lipinski definition) is 2. The second-order valence-electron chi connectivity index (χ2n) is 6.74. The van der Waals surface area contributed by atoms with Gasteiger partial charge in [0.05, 0.1) is 0 Å². The highest BCUT2D eigenvalue weighted by Gasteiger charge is 2.33. The Kier molecular flexibility index (Phi) is 4.42. The molecule has 1 N–H and O–H groups in total. The molecule has 0 radical (unpaired) electrons. The monoisotopic (exact) mass is 272 g/mol. The second kappa shape index (κ2) is 6.28. The minimum Gasteiger partial charge on any atom is -0.314 e. The van der Waals surface area contributed by atoms with Crippen molar-refractivity contribution >= 4 is 0 Å². The summed E-state index contributed by atoms with van der Waals surface area (Å²) in [5.41, 5.74) is 3.00. The SMILES string of the molecule is CC(C)c1ccc([C@@H](C2CCC2)N2CCNCC2)cc1. The fourth-order valence-electron chi connectivity index (χ4n) is 3.58. The average Bonchev–Trinajstić information content (AvgIpc) is 2.44. The van der Waals surface area contributed by atoms with E-state index < -0.39 is 0 Å². The Balaban J connectivity index is 1.80. The summed E-state index contributed by atoms with van der Waals surface area (Å²) in [5.74, 6) is 1.52. The van der Waals surface area contributed by atoms with Gasteiger partial charge in [-0.25, -0.2) is 0 Å². The molecule has 110 valence electrons. The number of hydrogen-bond donors (Lipinski definition) is 1. The molecule has 1 atom stereocenters. The molecule has 3 rings (SSSR count). The minimum absolute atomic E-state index is 0.630. The summed E-state index contributed by atoms with van der Waals surface area (Å²) in [6.07, 6.45) is 4.26. The fourth-order valence-corrected chi connectivity index (χ4v) is 3.58. The maximum Gasteiger partial charge on any atom is 0.0377 e. The Labute approximate surface area is 123 Å². The highest BCUT2D eigenvalue weighted by Crippen LogP contribution is 2.41. The first-order chi connectivity index (χ1) is 9.75. The zero-order valence-corrected chi connectivity index (χ0v) is 12.9. The molecule has 0 spiro atoms. The van der Waals surface area contributed by atoms with Gasteiger partial charge in [0.25, 0.3) is 0 Å². The zero-order valence-electron chi connectivity index (χ0n) is 12.9. The normalized spacial score (nSPS) is 22.8. The van der Waals surface area contributed by atoms with Crippen LogP contribution < -0.4 is 5.32 Å². The lowest BCUT2D eigenvalue weighted by Crippen LogP contribution is -2.47. The molecule has 0 unspecified atom stereocenters. The first-order valence-electron chi connectivity index (χ1n) is 8.30. The molecule has 2 heteroatoms. The second-order valence-corrected chi connectivity index (χ2v) is 6.74. The van der Waals surface area contributed by atoms with E-state index in [0.29, 0.717) is 12.0 Å². The van der Waals surface area contributed by atoms with E-state index in [0.717, 1.165) is 19.0 Å². The average molecular weight is 272 g/mol. The molecule has 0 amide bonds. The molecule has 2 fully saturated rings. The van der Waals surface area contributed by atoms with Crippen molar-refractivity contribution in [3.05, 3.63) is 35.4 Å². The number of nitrogens with zero attached hydrogens (tertiary/aromatic N) is 1. The highest BCUT2D eigenvalue weighted by atomic mass is 15.2. The van der Waals surface area contributed by atoms with Crippen molar-refractivity contribution < 1.29 is 0 Å². The van der Waals surface area contributed by atoms with Gasteiger partial charge in [-0.1, -0.05) is 44.5 Å². The lowest BCUT2D eigenvalue weighted by molar-refractivity contribution is 0.0837. The van der Waals surface area contributed by atoms with Gasteiger partial charge in [-0.3, -0.25) is 4.90 Å². The van der Waals surface area contributed by atoms with E-state index in [1.165, 1.54) is 37.9 Å². The van der Waals surface area contributed by atoms with Gasteiger partial charge < -0.3 is 5.32 Å². The molecule has 1 saturated heterocycles. The number of piperazine rings is 1. The summed E-state index contributed by atoms with van der Waals surface area (Å²) in [4.78, 5) is 2.71. The Bertz CT molecular complexity index is 414. The lowest BCUT2D eigenvalue weighted by Gasteiger charge is -2.43. The largest absolute Gasteiger partial charge is 0.314 e. The molecule has 1 aliphatic carbocycles. The van der Waals surface area contributed by atoms with Crippen LogP contribution >= 0.6 is 0 Å². The molecule has 2 aliphatic rings. The van der Waals surface area contributed by atoms with Gasteiger partial charge in [0.2, 0.25) is 0 Å². The van der Waals surface area contributed by atoms with Crippen molar-refractivity contribution in [2.45, 2.75) is 45.1 Å². The summed E-state index contributed by atoms with van der Waals surface area (Å²) in [6, 6.07) is 10.1. The molecule has 1 heterocycles. The van der Waals surface area contributed by atoms with E-state index in [2.05, 4.69) is 48.3 Å². The Morgan fingerprint density at radius 1 is 1.00 bits per heavy atom. The van der Waals surface area contributed by atoms with Crippen LogP contribution in [0.2, 0.25) is 0 Å². The van der Waals surface area contributed by atoms with Crippen molar-refractivity contribution in [3.63, 3.8) is 0 Å². The van der Waals surface area contributed by atoms with Crippen molar-refractivity contribution in [1.82, 2.24) is 10.2 Å². The van der Waals surface area contributed by atoms with E-state index >= 15 is 0 Å². The molecular formula is C18H28N2. The van der Waals surface area contributed by atoms with Crippen LogP contribution in [-0.4, -0.2) is 31.1 Å². The van der Waals surface area contributed by atoms with Crippen LogP contribution in [0.1, 0.15) is 56.2 Å². The van der Waals surface area contributed by atoms with Gasteiger partial charge in [0.1, 0.15) is 0 Å².